The molecule has 7 nitrogen and oxygen atoms in total. The second kappa shape index (κ2) is 8.65. The van der Waals surface area contributed by atoms with E-state index in [2.05, 4.69) is 16.3 Å². The van der Waals surface area contributed by atoms with E-state index in [-0.39, 0.29) is 18.0 Å². The number of Topliss-reactive ketones (excluding diaryl/α,β-unsaturated/α-hetero) is 1. The van der Waals surface area contributed by atoms with E-state index in [1.165, 1.54) is 11.8 Å². The van der Waals surface area contributed by atoms with Crippen molar-refractivity contribution in [1.82, 2.24) is 14.8 Å². The molecule has 152 valence electrons. The molecule has 0 aliphatic heterocycles. The van der Waals surface area contributed by atoms with Gasteiger partial charge in [0, 0.05) is 18.5 Å². The Morgan fingerprint density at radius 2 is 1.83 bits per heavy atom. The van der Waals surface area contributed by atoms with Gasteiger partial charge in [0.05, 0.1) is 12.0 Å². The first kappa shape index (κ1) is 20.9. The standard InChI is InChI=1S/C21H24N4O3S/c1-12-10-13(2)15(4)19(14(12)3)16(26)11-29-21-24-23-20(17-6-5-9-28-17)25(21)8-7-18(22)27/h5-6,9-10H,7-8,11H2,1-4H3,(H2,22,27). The van der Waals surface area contributed by atoms with Gasteiger partial charge in [-0.2, -0.15) is 0 Å². The number of amides is 1. The molecule has 3 rings (SSSR count). The first-order chi connectivity index (χ1) is 13.8. The topological polar surface area (TPSA) is 104 Å². The second-order valence-electron chi connectivity index (χ2n) is 7.00. The Morgan fingerprint density at radius 3 is 2.41 bits per heavy atom. The molecule has 0 fully saturated rings. The van der Waals surface area contributed by atoms with Crippen molar-refractivity contribution in [3.8, 4) is 11.6 Å². The maximum atomic E-state index is 13.0. The van der Waals surface area contributed by atoms with Crippen LogP contribution in [0.1, 0.15) is 39.0 Å². The summed E-state index contributed by atoms with van der Waals surface area (Å²) in [5.41, 5.74) is 10.3. The minimum absolute atomic E-state index is 0.0424. The number of thioether (sulfide) groups is 1. The maximum absolute atomic E-state index is 13.0. The highest BCUT2D eigenvalue weighted by Gasteiger charge is 2.20. The molecule has 0 atom stereocenters. The molecule has 0 spiro atoms. The fraction of sp³-hybridized carbons (Fsp3) is 0.333. The van der Waals surface area contributed by atoms with E-state index in [1.54, 1.807) is 23.0 Å². The van der Waals surface area contributed by atoms with Gasteiger partial charge in [0.25, 0.3) is 0 Å². The van der Waals surface area contributed by atoms with Gasteiger partial charge in [0.15, 0.2) is 22.5 Å². The van der Waals surface area contributed by atoms with Gasteiger partial charge < -0.3 is 10.2 Å². The molecular formula is C21H24N4O3S. The SMILES string of the molecule is Cc1cc(C)c(C)c(C(=O)CSc2nnc(-c3ccco3)n2CCC(N)=O)c1C. The van der Waals surface area contributed by atoms with E-state index < -0.39 is 5.91 Å². The number of hydrogen-bond donors (Lipinski definition) is 1. The molecule has 0 unspecified atom stereocenters. The Balaban J connectivity index is 1.86. The first-order valence-corrected chi connectivity index (χ1v) is 10.3. The van der Waals surface area contributed by atoms with Gasteiger partial charge in [-0.05, 0) is 62.1 Å². The number of carbonyl (C=O) groups is 2. The van der Waals surface area contributed by atoms with Crippen LogP contribution in [0.3, 0.4) is 0 Å². The Labute approximate surface area is 173 Å². The fourth-order valence-electron chi connectivity index (χ4n) is 3.24. The van der Waals surface area contributed by atoms with Gasteiger partial charge in [0.1, 0.15) is 0 Å². The number of aromatic nitrogens is 3. The van der Waals surface area contributed by atoms with E-state index in [0.29, 0.717) is 23.3 Å². The van der Waals surface area contributed by atoms with Gasteiger partial charge in [-0.1, -0.05) is 17.8 Å². The number of rotatable bonds is 8. The van der Waals surface area contributed by atoms with Crippen LogP contribution in [0.25, 0.3) is 11.6 Å². The molecule has 8 heteroatoms. The van der Waals surface area contributed by atoms with Crippen LogP contribution in [0.4, 0.5) is 0 Å². The number of nitrogens with zero attached hydrogens (tertiary/aromatic N) is 3. The molecule has 0 saturated heterocycles. The van der Waals surface area contributed by atoms with Crippen LogP contribution in [0.5, 0.6) is 0 Å². The number of aryl methyl sites for hydroxylation is 2. The summed E-state index contributed by atoms with van der Waals surface area (Å²) in [5, 5.41) is 8.94. The number of benzene rings is 1. The van der Waals surface area contributed by atoms with Gasteiger partial charge in [-0.3, -0.25) is 14.2 Å². The third kappa shape index (κ3) is 4.42. The van der Waals surface area contributed by atoms with Crippen molar-refractivity contribution >= 4 is 23.5 Å². The van der Waals surface area contributed by atoms with Crippen LogP contribution in [0, 0.1) is 27.7 Å². The normalized spacial score (nSPS) is 11.0. The van der Waals surface area contributed by atoms with Crippen molar-refractivity contribution in [2.24, 2.45) is 5.73 Å². The summed E-state index contributed by atoms with van der Waals surface area (Å²) in [6.07, 6.45) is 1.69. The smallest absolute Gasteiger partial charge is 0.219 e. The number of primary amides is 1. The molecule has 0 radical (unpaired) electrons. The number of nitrogens with two attached hydrogens (primary N) is 1. The lowest BCUT2D eigenvalue weighted by atomic mass is 9.92. The minimum atomic E-state index is -0.419. The summed E-state index contributed by atoms with van der Waals surface area (Å²) in [5.74, 6) is 0.891. The maximum Gasteiger partial charge on any atom is 0.219 e. The quantitative estimate of drug-likeness (QED) is 0.448. The van der Waals surface area contributed by atoms with Crippen LogP contribution in [-0.4, -0.2) is 32.2 Å². The number of hydrogen-bond acceptors (Lipinski definition) is 6. The van der Waals surface area contributed by atoms with Crippen molar-refractivity contribution in [2.75, 3.05) is 5.75 Å². The van der Waals surface area contributed by atoms with Gasteiger partial charge >= 0.3 is 0 Å². The Bertz CT molecular complexity index is 1030. The Hall–Kier alpha value is -2.87. The van der Waals surface area contributed by atoms with Crippen molar-refractivity contribution in [1.29, 1.82) is 0 Å². The predicted octanol–water partition coefficient (Wildman–Crippen LogP) is 3.62. The van der Waals surface area contributed by atoms with E-state index in [4.69, 9.17) is 10.2 Å². The van der Waals surface area contributed by atoms with E-state index in [1.807, 2.05) is 27.7 Å². The molecule has 0 aliphatic rings. The average Bonchev–Trinajstić information content (AvgIpc) is 3.32. The predicted molar refractivity (Wildman–Crippen MR) is 112 cm³/mol. The lowest BCUT2D eigenvalue weighted by Crippen LogP contribution is -2.15. The van der Waals surface area contributed by atoms with Crippen molar-refractivity contribution < 1.29 is 14.0 Å². The number of carbonyl (C=O) groups excluding carboxylic acids is 2. The molecule has 0 saturated carbocycles. The Kier molecular flexibility index (Phi) is 6.22. The molecule has 1 amide bonds. The molecule has 2 N–H and O–H groups in total. The minimum Gasteiger partial charge on any atom is -0.461 e. The zero-order valence-electron chi connectivity index (χ0n) is 17.0. The van der Waals surface area contributed by atoms with Gasteiger partial charge in [-0.25, -0.2) is 0 Å². The third-order valence-electron chi connectivity index (χ3n) is 5.02. The first-order valence-electron chi connectivity index (χ1n) is 9.28. The van der Waals surface area contributed by atoms with Crippen LogP contribution >= 0.6 is 11.8 Å². The summed E-state index contributed by atoms with van der Waals surface area (Å²) < 4.78 is 7.18. The van der Waals surface area contributed by atoms with Gasteiger partial charge in [-0.15, -0.1) is 10.2 Å². The molecule has 29 heavy (non-hydrogen) atoms. The van der Waals surface area contributed by atoms with Crippen LogP contribution in [-0.2, 0) is 11.3 Å². The molecule has 2 aromatic heterocycles. The van der Waals surface area contributed by atoms with Crippen LogP contribution in [0.2, 0.25) is 0 Å². The van der Waals surface area contributed by atoms with Crippen LogP contribution in [0.15, 0.2) is 34.0 Å². The summed E-state index contributed by atoms with van der Waals surface area (Å²) in [4.78, 5) is 24.3. The van der Waals surface area contributed by atoms with Crippen molar-refractivity contribution in [3.63, 3.8) is 0 Å². The molecule has 1 aromatic carbocycles. The monoisotopic (exact) mass is 412 g/mol. The molecular weight excluding hydrogens is 388 g/mol. The molecule has 0 bridgehead atoms. The highest BCUT2D eigenvalue weighted by molar-refractivity contribution is 7.99. The van der Waals surface area contributed by atoms with Crippen LogP contribution < -0.4 is 5.73 Å². The number of furan rings is 1. The largest absolute Gasteiger partial charge is 0.461 e. The van der Waals surface area contributed by atoms with E-state index in [9.17, 15) is 9.59 Å². The van der Waals surface area contributed by atoms with E-state index >= 15 is 0 Å². The third-order valence-corrected chi connectivity index (χ3v) is 5.98. The summed E-state index contributed by atoms with van der Waals surface area (Å²) >= 11 is 1.29. The highest BCUT2D eigenvalue weighted by atomic mass is 32.2. The van der Waals surface area contributed by atoms with Crippen molar-refractivity contribution in [3.05, 3.63) is 52.3 Å². The second-order valence-corrected chi connectivity index (χ2v) is 7.94. The average molecular weight is 413 g/mol. The van der Waals surface area contributed by atoms with E-state index in [0.717, 1.165) is 27.8 Å². The number of ketones is 1. The lowest BCUT2D eigenvalue weighted by molar-refractivity contribution is -0.118. The highest BCUT2D eigenvalue weighted by Crippen LogP contribution is 2.27. The summed E-state index contributed by atoms with van der Waals surface area (Å²) in [7, 11) is 0. The Morgan fingerprint density at radius 1 is 1.14 bits per heavy atom. The van der Waals surface area contributed by atoms with Gasteiger partial charge in [0.2, 0.25) is 5.91 Å². The summed E-state index contributed by atoms with van der Waals surface area (Å²) in [6.45, 7) is 8.30. The zero-order valence-corrected chi connectivity index (χ0v) is 17.8. The molecule has 3 aromatic rings. The zero-order chi connectivity index (χ0) is 21.1. The van der Waals surface area contributed by atoms with Crippen molar-refractivity contribution in [2.45, 2.75) is 45.8 Å². The fourth-order valence-corrected chi connectivity index (χ4v) is 4.08. The lowest BCUT2D eigenvalue weighted by Gasteiger charge is -2.14. The summed E-state index contributed by atoms with van der Waals surface area (Å²) in [6, 6.07) is 5.63. The molecule has 2 heterocycles. The molecule has 0 aliphatic carbocycles.